The van der Waals surface area contributed by atoms with Crippen molar-refractivity contribution in [2.24, 2.45) is 0 Å². The highest BCUT2D eigenvalue weighted by Crippen LogP contribution is 2.32. The fourth-order valence-corrected chi connectivity index (χ4v) is 2.56. The van der Waals surface area contributed by atoms with E-state index in [-0.39, 0.29) is 16.1 Å². The highest BCUT2D eigenvalue weighted by atomic mass is 79.9. The van der Waals surface area contributed by atoms with Crippen LogP contribution in [0.2, 0.25) is 0 Å². The summed E-state index contributed by atoms with van der Waals surface area (Å²) in [7, 11) is 0. The third-order valence-electron chi connectivity index (χ3n) is 3.20. The first-order chi connectivity index (χ1) is 9.66. The van der Waals surface area contributed by atoms with Crippen LogP contribution in [-0.4, -0.2) is 12.5 Å². The van der Waals surface area contributed by atoms with Crippen LogP contribution < -0.4 is 10.1 Å². The van der Waals surface area contributed by atoms with Gasteiger partial charge in [0.25, 0.3) is 5.91 Å². The first kappa shape index (κ1) is 13.1. The maximum absolute atomic E-state index is 13.9. The first-order valence-electron chi connectivity index (χ1n) is 6.13. The summed E-state index contributed by atoms with van der Waals surface area (Å²) in [5.74, 6) is -0.251. The highest BCUT2D eigenvalue weighted by molar-refractivity contribution is 9.10. The highest BCUT2D eigenvalue weighted by Gasteiger charge is 2.26. The van der Waals surface area contributed by atoms with E-state index in [2.05, 4.69) is 21.2 Å². The van der Waals surface area contributed by atoms with Gasteiger partial charge in [-0.3, -0.25) is 4.79 Å². The average molecular weight is 336 g/mol. The lowest BCUT2D eigenvalue weighted by Crippen LogP contribution is -2.30. The first-order valence-corrected chi connectivity index (χ1v) is 6.92. The molecule has 0 aromatic heterocycles. The number of carbonyl (C=O) groups excluding carboxylic acids is 1. The molecule has 1 unspecified atom stereocenters. The molecule has 0 saturated carbocycles. The van der Waals surface area contributed by atoms with Crippen LogP contribution in [0, 0.1) is 5.82 Å². The molecule has 1 heterocycles. The Bertz CT molecular complexity index is 675. The lowest BCUT2D eigenvalue weighted by molar-refractivity contribution is 0.0926. The van der Waals surface area contributed by atoms with Crippen molar-refractivity contribution in [3.8, 4) is 5.75 Å². The van der Waals surface area contributed by atoms with Crippen molar-refractivity contribution in [2.45, 2.75) is 6.04 Å². The lowest BCUT2D eigenvalue weighted by Gasteiger charge is -2.12. The van der Waals surface area contributed by atoms with Crippen LogP contribution in [0.4, 0.5) is 4.39 Å². The lowest BCUT2D eigenvalue weighted by atomic mass is 10.1. The maximum Gasteiger partial charge on any atom is 0.254 e. The molecule has 1 amide bonds. The normalized spacial score (nSPS) is 16.4. The molecule has 1 atom stereocenters. The standard InChI is InChI=1S/C15H11BrFNO2/c16-11-6-3-5-10(14(11)17)15(19)18-12-8-20-13-7-2-1-4-9(12)13/h1-7,12H,8H2,(H,18,19). The summed E-state index contributed by atoms with van der Waals surface area (Å²) >= 11 is 3.07. The molecule has 0 fully saturated rings. The summed E-state index contributed by atoms with van der Waals surface area (Å²) < 4.78 is 19.6. The summed E-state index contributed by atoms with van der Waals surface area (Å²) in [5, 5.41) is 2.79. The smallest absolute Gasteiger partial charge is 0.254 e. The SMILES string of the molecule is O=C(NC1COc2ccccc21)c1cccc(Br)c1F. The Kier molecular flexibility index (Phi) is 3.44. The molecule has 1 aliphatic heterocycles. The van der Waals surface area contributed by atoms with E-state index in [1.807, 2.05) is 24.3 Å². The van der Waals surface area contributed by atoms with Gasteiger partial charge in [0.15, 0.2) is 0 Å². The average Bonchev–Trinajstić information content (AvgIpc) is 2.85. The predicted octanol–water partition coefficient (Wildman–Crippen LogP) is 3.45. The van der Waals surface area contributed by atoms with E-state index in [0.29, 0.717) is 6.61 Å². The van der Waals surface area contributed by atoms with Crippen molar-refractivity contribution in [3.05, 3.63) is 63.9 Å². The van der Waals surface area contributed by atoms with Crippen LogP contribution in [0.15, 0.2) is 46.9 Å². The van der Waals surface area contributed by atoms with E-state index in [0.717, 1.165) is 11.3 Å². The third kappa shape index (κ3) is 2.29. The molecule has 0 aliphatic carbocycles. The summed E-state index contributed by atoms with van der Waals surface area (Å²) in [6.07, 6.45) is 0. The number of ether oxygens (including phenoxy) is 1. The van der Waals surface area contributed by atoms with Crippen molar-refractivity contribution < 1.29 is 13.9 Å². The number of hydrogen-bond donors (Lipinski definition) is 1. The van der Waals surface area contributed by atoms with Gasteiger partial charge in [-0.25, -0.2) is 4.39 Å². The van der Waals surface area contributed by atoms with Gasteiger partial charge >= 0.3 is 0 Å². The van der Waals surface area contributed by atoms with Crippen molar-refractivity contribution in [1.82, 2.24) is 5.32 Å². The molecule has 102 valence electrons. The summed E-state index contributed by atoms with van der Waals surface area (Å²) in [5.41, 5.74) is 0.931. The topological polar surface area (TPSA) is 38.3 Å². The van der Waals surface area contributed by atoms with E-state index in [4.69, 9.17) is 4.74 Å². The van der Waals surface area contributed by atoms with E-state index in [9.17, 15) is 9.18 Å². The van der Waals surface area contributed by atoms with Gasteiger partial charge in [0.1, 0.15) is 18.2 Å². The number of para-hydroxylation sites is 1. The molecule has 5 heteroatoms. The minimum absolute atomic E-state index is 0.0174. The number of nitrogens with one attached hydrogen (secondary N) is 1. The van der Waals surface area contributed by atoms with Gasteiger partial charge in [0.05, 0.1) is 16.1 Å². The van der Waals surface area contributed by atoms with Gasteiger partial charge in [0.2, 0.25) is 0 Å². The van der Waals surface area contributed by atoms with Crippen LogP contribution in [0.5, 0.6) is 5.75 Å². The van der Waals surface area contributed by atoms with E-state index < -0.39 is 11.7 Å². The van der Waals surface area contributed by atoms with Gasteiger partial charge in [-0.1, -0.05) is 24.3 Å². The monoisotopic (exact) mass is 335 g/mol. The Labute approximate surface area is 123 Å². The van der Waals surface area contributed by atoms with Crippen LogP contribution in [0.1, 0.15) is 22.0 Å². The molecule has 0 bridgehead atoms. The molecular weight excluding hydrogens is 325 g/mol. The van der Waals surface area contributed by atoms with Gasteiger partial charge in [-0.15, -0.1) is 0 Å². The second-order valence-electron chi connectivity index (χ2n) is 4.48. The largest absolute Gasteiger partial charge is 0.491 e. The molecule has 0 saturated heterocycles. The van der Waals surface area contributed by atoms with Gasteiger partial charge in [-0.2, -0.15) is 0 Å². The molecule has 1 N–H and O–H groups in total. The minimum Gasteiger partial charge on any atom is -0.491 e. The summed E-state index contributed by atoms with van der Waals surface area (Å²) in [4.78, 5) is 12.2. The van der Waals surface area contributed by atoms with E-state index >= 15 is 0 Å². The fourth-order valence-electron chi connectivity index (χ4n) is 2.20. The molecule has 1 aliphatic rings. The molecule has 0 radical (unpaired) electrons. The van der Waals surface area contributed by atoms with Crippen LogP contribution in [0.25, 0.3) is 0 Å². The fraction of sp³-hybridized carbons (Fsp3) is 0.133. The number of amides is 1. The van der Waals surface area contributed by atoms with Crippen molar-refractivity contribution in [1.29, 1.82) is 0 Å². The Morgan fingerprint density at radius 3 is 2.90 bits per heavy atom. The van der Waals surface area contributed by atoms with Crippen molar-refractivity contribution in [3.63, 3.8) is 0 Å². The van der Waals surface area contributed by atoms with E-state index in [1.54, 1.807) is 12.1 Å². The van der Waals surface area contributed by atoms with Crippen molar-refractivity contribution in [2.75, 3.05) is 6.61 Å². The molecule has 20 heavy (non-hydrogen) atoms. The summed E-state index contributed by atoms with van der Waals surface area (Å²) in [6.45, 7) is 0.362. The zero-order chi connectivity index (χ0) is 14.1. The second kappa shape index (κ2) is 5.25. The number of hydrogen-bond acceptors (Lipinski definition) is 2. The molecule has 0 spiro atoms. The Morgan fingerprint density at radius 1 is 1.25 bits per heavy atom. The molecule has 2 aromatic carbocycles. The number of carbonyl (C=O) groups is 1. The maximum atomic E-state index is 13.9. The third-order valence-corrected chi connectivity index (χ3v) is 3.81. The number of halogens is 2. The van der Waals surface area contributed by atoms with E-state index in [1.165, 1.54) is 6.07 Å². The Balaban J connectivity index is 1.83. The zero-order valence-corrected chi connectivity index (χ0v) is 12.0. The second-order valence-corrected chi connectivity index (χ2v) is 5.33. The van der Waals surface area contributed by atoms with Crippen LogP contribution >= 0.6 is 15.9 Å². The Morgan fingerprint density at radius 2 is 2.05 bits per heavy atom. The van der Waals surface area contributed by atoms with Crippen molar-refractivity contribution >= 4 is 21.8 Å². The van der Waals surface area contributed by atoms with Gasteiger partial charge in [0, 0.05) is 5.56 Å². The number of rotatable bonds is 2. The Hall–Kier alpha value is -1.88. The molecule has 3 rings (SSSR count). The van der Waals surface area contributed by atoms with Crippen LogP contribution in [-0.2, 0) is 0 Å². The summed E-state index contributed by atoms with van der Waals surface area (Å²) in [6, 6.07) is 11.9. The minimum atomic E-state index is -0.558. The predicted molar refractivity (Wildman–Crippen MR) is 76.2 cm³/mol. The van der Waals surface area contributed by atoms with Crippen LogP contribution in [0.3, 0.4) is 0 Å². The number of fused-ring (bicyclic) bond motifs is 1. The number of benzene rings is 2. The van der Waals surface area contributed by atoms with Gasteiger partial charge < -0.3 is 10.1 Å². The quantitative estimate of drug-likeness (QED) is 0.912. The molecular formula is C15H11BrFNO2. The molecule has 3 nitrogen and oxygen atoms in total. The van der Waals surface area contributed by atoms with Gasteiger partial charge in [-0.05, 0) is 34.1 Å². The molecule has 2 aromatic rings. The zero-order valence-electron chi connectivity index (χ0n) is 10.4.